The highest BCUT2D eigenvalue weighted by molar-refractivity contribution is 7.17. The van der Waals surface area contributed by atoms with Gasteiger partial charge in [-0.1, -0.05) is 54.1 Å². The van der Waals surface area contributed by atoms with Crippen LogP contribution in [0.4, 0.5) is 0 Å². The first-order valence-electron chi connectivity index (χ1n) is 8.98. The van der Waals surface area contributed by atoms with E-state index < -0.39 is 0 Å². The summed E-state index contributed by atoms with van der Waals surface area (Å²) < 4.78 is 0. The Morgan fingerprint density at radius 2 is 1.72 bits per heavy atom. The number of rotatable bonds is 5. The Morgan fingerprint density at radius 1 is 1.00 bits per heavy atom. The number of hydrogen-bond acceptors (Lipinski definition) is 5. The lowest BCUT2D eigenvalue weighted by Crippen LogP contribution is -2.29. The summed E-state index contributed by atoms with van der Waals surface area (Å²) in [5, 5.41) is 4.37. The Hall–Kier alpha value is -3.09. The van der Waals surface area contributed by atoms with Gasteiger partial charge in [0.1, 0.15) is 4.88 Å². The number of aromatic nitrogens is 3. The predicted octanol–water partition coefficient (Wildman–Crippen LogP) is 5.08. The molecule has 29 heavy (non-hydrogen) atoms. The van der Waals surface area contributed by atoms with Crippen molar-refractivity contribution in [3.8, 4) is 10.8 Å². The van der Waals surface area contributed by atoms with Gasteiger partial charge >= 0.3 is 0 Å². The number of halogens is 1. The summed E-state index contributed by atoms with van der Waals surface area (Å²) >= 11 is 7.47. The zero-order valence-electron chi connectivity index (χ0n) is 15.5. The van der Waals surface area contributed by atoms with Gasteiger partial charge in [0.15, 0.2) is 10.8 Å². The zero-order valence-corrected chi connectivity index (χ0v) is 17.1. The first-order valence-corrected chi connectivity index (χ1v) is 10.2. The van der Waals surface area contributed by atoms with Crippen molar-refractivity contribution in [1.29, 1.82) is 0 Å². The van der Waals surface area contributed by atoms with E-state index in [-0.39, 0.29) is 11.9 Å². The van der Waals surface area contributed by atoms with Crippen molar-refractivity contribution in [2.24, 2.45) is 0 Å². The lowest BCUT2D eigenvalue weighted by Gasteiger charge is -2.20. The average Bonchev–Trinajstić information content (AvgIpc) is 3.15. The smallest absolute Gasteiger partial charge is 0.264 e. The summed E-state index contributed by atoms with van der Waals surface area (Å²) in [6.45, 7) is 1.81. The zero-order chi connectivity index (χ0) is 20.2. The monoisotopic (exact) mass is 420 g/mol. The van der Waals surface area contributed by atoms with Crippen LogP contribution < -0.4 is 5.32 Å². The van der Waals surface area contributed by atoms with Crippen molar-refractivity contribution >= 4 is 28.8 Å². The minimum Gasteiger partial charge on any atom is -0.340 e. The summed E-state index contributed by atoms with van der Waals surface area (Å²) in [6, 6.07) is 18.7. The quantitative estimate of drug-likeness (QED) is 0.488. The summed E-state index contributed by atoms with van der Waals surface area (Å²) in [7, 11) is 0. The fourth-order valence-corrected chi connectivity index (χ4v) is 4.12. The first-order chi connectivity index (χ1) is 14.1. The Bertz CT molecular complexity index is 1130. The molecule has 0 aliphatic heterocycles. The molecule has 0 saturated heterocycles. The van der Waals surface area contributed by atoms with E-state index in [0.29, 0.717) is 26.4 Å². The van der Waals surface area contributed by atoms with Crippen molar-refractivity contribution < 1.29 is 4.79 Å². The Balaban J connectivity index is 1.66. The van der Waals surface area contributed by atoms with Gasteiger partial charge in [-0.2, -0.15) is 0 Å². The summed E-state index contributed by atoms with van der Waals surface area (Å²) in [6.07, 6.45) is 3.31. The molecule has 1 unspecified atom stereocenters. The molecule has 7 heteroatoms. The molecule has 1 amide bonds. The van der Waals surface area contributed by atoms with Gasteiger partial charge < -0.3 is 5.32 Å². The molecular weight excluding hydrogens is 404 g/mol. The van der Waals surface area contributed by atoms with Crippen LogP contribution in [0.1, 0.15) is 32.5 Å². The molecule has 0 bridgehead atoms. The number of thiazole rings is 1. The van der Waals surface area contributed by atoms with E-state index in [1.807, 2.05) is 61.5 Å². The molecule has 2 heterocycles. The van der Waals surface area contributed by atoms with E-state index in [4.69, 9.17) is 11.6 Å². The SMILES string of the molecule is Cc1nc(-c2ncccn2)sc1C(=O)NC(c1ccccc1)c1cccc(Cl)c1. The highest BCUT2D eigenvalue weighted by Gasteiger charge is 2.22. The third kappa shape index (κ3) is 4.34. The van der Waals surface area contributed by atoms with Crippen LogP contribution in [-0.4, -0.2) is 20.9 Å². The van der Waals surface area contributed by atoms with Gasteiger partial charge in [0.2, 0.25) is 0 Å². The van der Waals surface area contributed by atoms with Crippen molar-refractivity contribution in [3.63, 3.8) is 0 Å². The summed E-state index contributed by atoms with van der Waals surface area (Å²) in [4.78, 5) is 26.6. The van der Waals surface area contributed by atoms with E-state index in [0.717, 1.165) is 11.1 Å². The van der Waals surface area contributed by atoms with E-state index in [9.17, 15) is 4.79 Å². The standard InChI is InChI=1S/C22H17ClN4OS/c1-14-19(29-22(26-14)20-24-11-6-12-25-20)21(28)27-18(15-7-3-2-4-8-15)16-9-5-10-17(23)13-16/h2-13,18H,1H3,(H,27,28). The van der Waals surface area contributed by atoms with Crippen molar-refractivity contribution in [3.05, 3.63) is 99.8 Å². The van der Waals surface area contributed by atoms with Crippen LogP contribution in [0.3, 0.4) is 0 Å². The highest BCUT2D eigenvalue weighted by Crippen LogP contribution is 2.28. The number of hydrogen-bond donors (Lipinski definition) is 1. The normalized spacial score (nSPS) is 11.8. The molecule has 2 aromatic carbocycles. The third-order valence-electron chi connectivity index (χ3n) is 4.35. The van der Waals surface area contributed by atoms with Gasteiger partial charge in [-0.15, -0.1) is 11.3 Å². The second-order valence-corrected chi connectivity index (χ2v) is 7.81. The minimum atomic E-state index is -0.333. The first kappa shape index (κ1) is 19.2. The predicted molar refractivity (Wildman–Crippen MR) is 115 cm³/mol. The molecule has 0 fully saturated rings. The number of carbonyl (C=O) groups is 1. The van der Waals surface area contributed by atoms with Crippen molar-refractivity contribution in [2.45, 2.75) is 13.0 Å². The number of nitrogens with one attached hydrogen (secondary N) is 1. The lowest BCUT2D eigenvalue weighted by molar-refractivity contribution is 0.0946. The van der Waals surface area contributed by atoms with Gasteiger partial charge in [0.25, 0.3) is 5.91 Å². The average molecular weight is 421 g/mol. The molecular formula is C22H17ClN4OS. The summed E-state index contributed by atoms with van der Waals surface area (Å²) in [5.74, 6) is 0.310. The molecule has 1 atom stereocenters. The molecule has 0 aliphatic rings. The molecule has 5 nitrogen and oxygen atoms in total. The topological polar surface area (TPSA) is 67.8 Å². The van der Waals surface area contributed by atoms with E-state index in [2.05, 4.69) is 20.3 Å². The maximum Gasteiger partial charge on any atom is 0.264 e. The Morgan fingerprint density at radius 3 is 2.45 bits per heavy atom. The third-order valence-corrected chi connectivity index (χ3v) is 5.74. The van der Waals surface area contributed by atoms with Crippen LogP contribution in [-0.2, 0) is 0 Å². The van der Waals surface area contributed by atoms with Gasteiger partial charge in [-0.25, -0.2) is 15.0 Å². The Labute approximate surface area is 177 Å². The van der Waals surface area contributed by atoms with Crippen LogP contribution >= 0.6 is 22.9 Å². The van der Waals surface area contributed by atoms with Crippen LogP contribution in [0.5, 0.6) is 0 Å². The van der Waals surface area contributed by atoms with Gasteiger partial charge in [-0.3, -0.25) is 4.79 Å². The van der Waals surface area contributed by atoms with Crippen LogP contribution in [0.2, 0.25) is 5.02 Å². The largest absolute Gasteiger partial charge is 0.340 e. The second-order valence-electron chi connectivity index (χ2n) is 6.38. The number of benzene rings is 2. The van der Waals surface area contributed by atoms with E-state index in [1.54, 1.807) is 18.5 Å². The molecule has 0 spiro atoms. The van der Waals surface area contributed by atoms with Gasteiger partial charge in [0, 0.05) is 17.4 Å². The van der Waals surface area contributed by atoms with Gasteiger partial charge in [0.05, 0.1) is 11.7 Å². The highest BCUT2D eigenvalue weighted by atomic mass is 35.5. The maximum atomic E-state index is 13.1. The molecule has 4 aromatic rings. The molecule has 0 radical (unpaired) electrons. The fourth-order valence-electron chi connectivity index (χ4n) is 3.00. The van der Waals surface area contributed by atoms with Crippen LogP contribution in [0, 0.1) is 6.92 Å². The maximum absolute atomic E-state index is 13.1. The van der Waals surface area contributed by atoms with Crippen molar-refractivity contribution in [1.82, 2.24) is 20.3 Å². The molecule has 1 N–H and O–H groups in total. The fraction of sp³-hybridized carbons (Fsp3) is 0.0909. The van der Waals surface area contributed by atoms with Crippen molar-refractivity contribution in [2.75, 3.05) is 0 Å². The molecule has 0 aliphatic carbocycles. The second kappa shape index (κ2) is 8.51. The molecule has 0 saturated carbocycles. The van der Waals surface area contributed by atoms with E-state index in [1.165, 1.54) is 11.3 Å². The number of amides is 1. The van der Waals surface area contributed by atoms with Crippen LogP contribution in [0.15, 0.2) is 73.1 Å². The molecule has 144 valence electrons. The van der Waals surface area contributed by atoms with E-state index >= 15 is 0 Å². The number of nitrogens with zero attached hydrogens (tertiary/aromatic N) is 3. The molecule has 2 aromatic heterocycles. The molecule has 4 rings (SSSR count). The summed E-state index contributed by atoms with van der Waals surface area (Å²) in [5.41, 5.74) is 2.52. The van der Waals surface area contributed by atoms with Gasteiger partial charge in [-0.05, 0) is 36.2 Å². The number of carbonyl (C=O) groups excluding carboxylic acids is 1. The Kier molecular flexibility index (Phi) is 5.64. The van der Waals surface area contributed by atoms with Crippen LogP contribution in [0.25, 0.3) is 10.8 Å². The lowest BCUT2D eigenvalue weighted by atomic mass is 9.98. The number of aryl methyl sites for hydroxylation is 1. The minimum absolute atomic E-state index is 0.198.